The monoisotopic (exact) mass is 473 g/mol. The SMILES string of the molecule is CC(C)=CCOC(C)(C)C1CCCCC12CO2.CN(C)CCOc1ccc(/C=C/C(=O)O)cc1. The van der Waals surface area contributed by atoms with Gasteiger partial charge in [-0.2, -0.15) is 0 Å². The fourth-order valence-electron chi connectivity index (χ4n) is 4.34. The quantitative estimate of drug-likeness (QED) is 0.277. The summed E-state index contributed by atoms with van der Waals surface area (Å²) in [4.78, 5) is 12.4. The number of epoxide rings is 1. The lowest BCUT2D eigenvalue weighted by molar-refractivity contribution is -0.131. The van der Waals surface area contributed by atoms with Crippen molar-refractivity contribution in [2.75, 3.05) is 40.5 Å². The van der Waals surface area contributed by atoms with Crippen molar-refractivity contribution in [2.45, 2.75) is 64.6 Å². The highest BCUT2D eigenvalue weighted by Crippen LogP contribution is 2.51. The van der Waals surface area contributed by atoms with Crippen molar-refractivity contribution in [3.8, 4) is 5.75 Å². The van der Waals surface area contributed by atoms with Crippen molar-refractivity contribution in [1.82, 2.24) is 4.90 Å². The number of allylic oxidation sites excluding steroid dienone is 1. The number of aliphatic carboxylic acids is 1. The Bertz CT molecular complexity index is 818. The van der Waals surface area contributed by atoms with Crippen molar-refractivity contribution >= 4 is 12.0 Å². The lowest BCUT2D eigenvalue weighted by atomic mass is 9.71. The minimum absolute atomic E-state index is 0.0666. The summed E-state index contributed by atoms with van der Waals surface area (Å²) in [5, 5.41) is 8.48. The van der Waals surface area contributed by atoms with Crippen molar-refractivity contribution in [2.24, 2.45) is 5.92 Å². The number of carboxylic acid groups (broad SMARTS) is 1. The van der Waals surface area contributed by atoms with E-state index in [1.54, 1.807) is 6.08 Å². The number of hydrogen-bond acceptors (Lipinski definition) is 5. The van der Waals surface area contributed by atoms with Crippen LogP contribution in [0, 0.1) is 5.92 Å². The number of rotatable bonds is 10. The summed E-state index contributed by atoms with van der Waals surface area (Å²) in [5.74, 6) is 0.407. The molecular formula is C28H43NO5. The van der Waals surface area contributed by atoms with E-state index in [1.165, 1.54) is 31.3 Å². The van der Waals surface area contributed by atoms with Crippen LogP contribution in [0.15, 0.2) is 42.0 Å². The smallest absolute Gasteiger partial charge is 0.328 e. The second-order valence-corrected chi connectivity index (χ2v) is 10.2. The molecule has 1 aromatic carbocycles. The van der Waals surface area contributed by atoms with Crippen molar-refractivity contribution in [3.05, 3.63) is 47.6 Å². The molecule has 2 aliphatic rings. The molecule has 3 rings (SSSR count). The second kappa shape index (κ2) is 13.1. The third-order valence-corrected chi connectivity index (χ3v) is 6.38. The highest BCUT2D eigenvalue weighted by atomic mass is 16.6. The maximum Gasteiger partial charge on any atom is 0.328 e. The molecule has 1 saturated heterocycles. The summed E-state index contributed by atoms with van der Waals surface area (Å²) in [6.07, 6.45) is 9.94. The second-order valence-electron chi connectivity index (χ2n) is 10.2. The van der Waals surface area contributed by atoms with Gasteiger partial charge in [0, 0.05) is 18.5 Å². The lowest BCUT2D eigenvalue weighted by Gasteiger charge is -2.40. The van der Waals surface area contributed by atoms with Crippen molar-refractivity contribution in [3.63, 3.8) is 0 Å². The molecule has 0 bridgehead atoms. The molecule has 1 aliphatic carbocycles. The van der Waals surface area contributed by atoms with Gasteiger partial charge >= 0.3 is 5.97 Å². The summed E-state index contributed by atoms with van der Waals surface area (Å²) < 4.78 is 17.4. The maximum atomic E-state index is 10.3. The van der Waals surface area contributed by atoms with Crippen LogP contribution in [0.3, 0.4) is 0 Å². The first-order valence-electron chi connectivity index (χ1n) is 12.2. The number of ether oxygens (including phenoxy) is 3. The van der Waals surface area contributed by atoms with Crippen LogP contribution in [0.2, 0.25) is 0 Å². The summed E-state index contributed by atoms with van der Waals surface area (Å²) in [6, 6.07) is 7.31. The number of likely N-dealkylation sites (N-methyl/N-ethyl adjacent to an activating group) is 1. The number of nitrogens with zero attached hydrogens (tertiary/aromatic N) is 1. The van der Waals surface area contributed by atoms with E-state index in [1.807, 2.05) is 43.3 Å². The van der Waals surface area contributed by atoms with E-state index in [0.717, 1.165) is 37.1 Å². The Kier molecular flexibility index (Phi) is 10.8. The highest BCUT2D eigenvalue weighted by molar-refractivity contribution is 5.85. The van der Waals surface area contributed by atoms with E-state index in [9.17, 15) is 4.79 Å². The van der Waals surface area contributed by atoms with Gasteiger partial charge in [-0.3, -0.25) is 0 Å². The van der Waals surface area contributed by atoms with E-state index in [-0.39, 0.29) is 11.2 Å². The Balaban J connectivity index is 0.000000240. The van der Waals surface area contributed by atoms with Gasteiger partial charge in [0.1, 0.15) is 12.4 Å². The average molecular weight is 474 g/mol. The van der Waals surface area contributed by atoms with E-state index >= 15 is 0 Å². The van der Waals surface area contributed by atoms with Crippen LogP contribution in [-0.4, -0.2) is 67.6 Å². The van der Waals surface area contributed by atoms with Gasteiger partial charge in [-0.15, -0.1) is 0 Å². The molecule has 1 aromatic rings. The van der Waals surface area contributed by atoms with Crippen molar-refractivity contribution < 1.29 is 24.1 Å². The Morgan fingerprint density at radius 1 is 1.24 bits per heavy atom. The van der Waals surface area contributed by atoms with E-state index in [2.05, 4.69) is 33.8 Å². The molecule has 34 heavy (non-hydrogen) atoms. The van der Waals surface area contributed by atoms with Gasteiger partial charge in [0.15, 0.2) is 0 Å². The van der Waals surface area contributed by atoms with E-state index < -0.39 is 5.97 Å². The van der Waals surface area contributed by atoms with Gasteiger partial charge in [-0.25, -0.2) is 4.79 Å². The predicted octanol–water partition coefficient (Wildman–Crippen LogP) is 5.43. The maximum absolute atomic E-state index is 10.3. The summed E-state index contributed by atoms with van der Waals surface area (Å²) in [5.41, 5.74) is 2.27. The summed E-state index contributed by atoms with van der Waals surface area (Å²) in [7, 11) is 3.98. The topological polar surface area (TPSA) is 71.5 Å². The number of benzene rings is 1. The molecule has 0 radical (unpaired) electrons. The molecular weight excluding hydrogens is 430 g/mol. The van der Waals surface area contributed by atoms with Crippen LogP contribution in [0.1, 0.15) is 58.9 Å². The molecule has 2 unspecified atom stereocenters. The van der Waals surface area contributed by atoms with Gasteiger partial charge < -0.3 is 24.2 Å². The van der Waals surface area contributed by atoms with Crippen LogP contribution < -0.4 is 4.74 Å². The first kappa shape index (κ1) is 28.1. The van der Waals surface area contributed by atoms with Crippen LogP contribution in [0.4, 0.5) is 0 Å². The Labute approximate surface area is 205 Å². The normalized spacial score (nSPS) is 21.8. The molecule has 2 atom stereocenters. The van der Waals surface area contributed by atoms with E-state index in [0.29, 0.717) is 12.5 Å². The van der Waals surface area contributed by atoms with Gasteiger partial charge in [0.25, 0.3) is 0 Å². The minimum atomic E-state index is -0.948. The zero-order valence-corrected chi connectivity index (χ0v) is 21.8. The molecule has 2 fully saturated rings. The third-order valence-electron chi connectivity index (χ3n) is 6.38. The number of carbonyl (C=O) groups is 1. The molecule has 190 valence electrons. The standard InChI is InChI=1S/C15H26O2.C13H17NO3/c1-12(2)8-10-16-14(3,4)13-7-5-6-9-15(13)11-17-15;1-14(2)9-10-17-12-6-3-11(4-7-12)5-8-13(15)16/h8,13H,5-7,9-11H2,1-4H3;3-8H,9-10H2,1-2H3,(H,15,16)/b;8-5+. The number of carboxylic acids is 1. The molecule has 6 nitrogen and oxygen atoms in total. The minimum Gasteiger partial charge on any atom is -0.492 e. The molecule has 1 spiro atoms. The molecule has 1 aliphatic heterocycles. The molecule has 1 saturated carbocycles. The first-order chi connectivity index (χ1) is 16.0. The molecule has 0 amide bonds. The lowest BCUT2D eigenvalue weighted by Crippen LogP contribution is -2.45. The van der Waals surface area contributed by atoms with Crippen LogP contribution in [0.25, 0.3) is 6.08 Å². The van der Waals surface area contributed by atoms with E-state index in [4.69, 9.17) is 19.3 Å². The van der Waals surface area contributed by atoms with Gasteiger partial charge in [0.2, 0.25) is 0 Å². The average Bonchev–Trinajstić information content (AvgIpc) is 3.52. The molecule has 6 heteroatoms. The first-order valence-corrected chi connectivity index (χ1v) is 12.2. The van der Waals surface area contributed by atoms with Gasteiger partial charge in [0.05, 0.1) is 24.4 Å². The highest BCUT2D eigenvalue weighted by Gasteiger charge is 2.57. The fourth-order valence-corrected chi connectivity index (χ4v) is 4.34. The fraction of sp³-hybridized carbons (Fsp3) is 0.607. The molecule has 1 N–H and O–H groups in total. The zero-order chi connectivity index (χ0) is 25.2. The zero-order valence-electron chi connectivity index (χ0n) is 21.8. The number of hydrogen-bond donors (Lipinski definition) is 1. The molecule has 0 aromatic heterocycles. The molecule has 1 heterocycles. The van der Waals surface area contributed by atoms with Crippen molar-refractivity contribution in [1.29, 1.82) is 0 Å². The van der Waals surface area contributed by atoms with Crippen LogP contribution in [-0.2, 0) is 14.3 Å². The van der Waals surface area contributed by atoms with Gasteiger partial charge in [-0.1, -0.05) is 36.6 Å². The third kappa shape index (κ3) is 9.61. The largest absolute Gasteiger partial charge is 0.492 e. The Hall–Kier alpha value is -2.15. The van der Waals surface area contributed by atoms with Crippen LogP contribution >= 0.6 is 0 Å². The Morgan fingerprint density at radius 3 is 2.47 bits per heavy atom. The summed E-state index contributed by atoms with van der Waals surface area (Å²) >= 11 is 0. The van der Waals surface area contributed by atoms with Gasteiger partial charge in [-0.05, 0) is 78.4 Å². The predicted molar refractivity (Wildman–Crippen MR) is 137 cm³/mol. The summed E-state index contributed by atoms with van der Waals surface area (Å²) in [6.45, 7) is 11.9. The Morgan fingerprint density at radius 2 is 1.91 bits per heavy atom. The van der Waals surface area contributed by atoms with Crippen LogP contribution in [0.5, 0.6) is 5.75 Å².